The number of carbonyl (C=O) groups is 1. The first-order valence-corrected chi connectivity index (χ1v) is 11.1. The molecule has 166 valence electrons. The van der Waals surface area contributed by atoms with Crippen LogP contribution in [0.4, 0.5) is 0 Å². The first-order valence-electron chi connectivity index (χ1n) is 11.1. The molecule has 0 N–H and O–H groups in total. The number of methoxy groups -OCH3 is 2. The number of benzene rings is 5. The van der Waals surface area contributed by atoms with Gasteiger partial charge in [0.05, 0.1) is 14.2 Å². The molecule has 0 spiro atoms. The second-order valence-corrected chi connectivity index (χ2v) is 8.05. The lowest BCUT2D eigenvalue weighted by Crippen LogP contribution is -1.97. The predicted octanol–water partition coefficient (Wildman–Crippen LogP) is 7.57. The maximum atomic E-state index is 12.9. The van der Waals surface area contributed by atoms with E-state index in [4.69, 9.17) is 9.47 Å². The molecule has 0 unspecified atom stereocenters. The topological polar surface area (TPSA) is 35.5 Å². The van der Waals surface area contributed by atoms with Crippen LogP contribution in [0.2, 0.25) is 0 Å². The SMILES string of the molecule is COc1ccc2ccccc2c1-c1c(OC)ccc2cc(C(=O)/C=C/c3ccccc3)ccc12. The number of rotatable bonds is 6. The molecule has 0 aromatic heterocycles. The molecule has 0 saturated carbocycles. The second-order valence-electron chi connectivity index (χ2n) is 8.05. The number of hydrogen-bond acceptors (Lipinski definition) is 3. The zero-order chi connectivity index (χ0) is 23.5. The van der Waals surface area contributed by atoms with Gasteiger partial charge in [-0.05, 0) is 51.4 Å². The van der Waals surface area contributed by atoms with E-state index in [1.54, 1.807) is 20.3 Å². The van der Waals surface area contributed by atoms with Crippen LogP contribution >= 0.6 is 0 Å². The third-order valence-corrected chi connectivity index (χ3v) is 6.07. The Hall–Kier alpha value is -4.37. The molecule has 3 heteroatoms. The van der Waals surface area contributed by atoms with Gasteiger partial charge < -0.3 is 9.47 Å². The molecular weight excluding hydrogens is 420 g/mol. The van der Waals surface area contributed by atoms with Crippen LogP contribution < -0.4 is 9.47 Å². The molecule has 3 nitrogen and oxygen atoms in total. The van der Waals surface area contributed by atoms with Crippen LogP contribution in [0.1, 0.15) is 15.9 Å². The molecule has 34 heavy (non-hydrogen) atoms. The monoisotopic (exact) mass is 444 g/mol. The second kappa shape index (κ2) is 9.24. The standard InChI is InChI=1S/C31H24O3/c1-33-28-18-14-22-10-6-7-11-25(22)30(28)31-26-16-13-24(20-23(26)15-19-29(31)34-2)27(32)17-12-21-8-4-3-5-9-21/h3-20H,1-2H3/b17-12+. The number of ketones is 1. The van der Waals surface area contributed by atoms with E-state index in [2.05, 4.69) is 18.2 Å². The van der Waals surface area contributed by atoms with E-state index < -0.39 is 0 Å². The minimum Gasteiger partial charge on any atom is -0.496 e. The predicted molar refractivity (Wildman–Crippen MR) is 140 cm³/mol. The highest BCUT2D eigenvalue weighted by Crippen LogP contribution is 2.45. The quantitative estimate of drug-likeness (QED) is 0.200. The van der Waals surface area contributed by atoms with Gasteiger partial charge in [-0.1, -0.05) is 84.9 Å². The van der Waals surface area contributed by atoms with Crippen molar-refractivity contribution in [1.82, 2.24) is 0 Å². The summed E-state index contributed by atoms with van der Waals surface area (Å²) in [7, 11) is 3.36. The average Bonchev–Trinajstić information content (AvgIpc) is 2.90. The summed E-state index contributed by atoms with van der Waals surface area (Å²) >= 11 is 0. The van der Waals surface area contributed by atoms with Crippen molar-refractivity contribution in [3.8, 4) is 22.6 Å². The van der Waals surface area contributed by atoms with Crippen LogP contribution in [0.5, 0.6) is 11.5 Å². The maximum absolute atomic E-state index is 12.9. The normalized spacial score (nSPS) is 11.2. The minimum absolute atomic E-state index is 0.0362. The van der Waals surface area contributed by atoms with Crippen LogP contribution in [0.15, 0.2) is 103 Å². The first-order chi connectivity index (χ1) is 16.7. The van der Waals surface area contributed by atoms with Crippen molar-refractivity contribution in [2.45, 2.75) is 0 Å². The highest BCUT2D eigenvalue weighted by Gasteiger charge is 2.18. The molecule has 0 aliphatic rings. The van der Waals surface area contributed by atoms with E-state index in [-0.39, 0.29) is 5.78 Å². The van der Waals surface area contributed by atoms with Gasteiger partial charge in [0.1, 0.15) is 11.5 Å². The van der Waals surface area contributed by atoms with Gasteiger partial charge in [0.25, 0.3) is 0 Å². The first kappa shape index (κ1) is 21.5. The van der Waals surface area contributed by atoms with E-state index in [0.29, 0.717) is 5.56 Å². The summed E-state index contributed by atoms with van der Waals surface area (Å²) in [6.07, 6.45) is 3.46. The zero-order valence-corrected chi connectivity index (χ0v) is 19.1. The Kier molecular flexibility index (Phi) is 5.84. The van der Waals surface area contributed by atoms with E-state index in [1.165, 1.54) is 0 Å². The number of fused-ring (bicyclic) bond motifs is 2. The fourth-order valence-corrected chi connectivity index (χ4v) is 4.40. The summed E-state index contributed by atoms with van der Waals surface area (Å²) in [6.45, 7) is 0. The Labute approximate surface area is 198 Å². The van der Waals surface area contributed by atoms with Crippen LogP contribution in [-0.4, -0.2) is 20.0 Å². The van der Waals surface area contributed by atoms with Crippen molar-refractivity contribution in [3.05, 3.63) is 114 Å². The van der Waals surface area contributed by atoms with Crippen LogP contribution in [0.3, 0.4) is 0 Å². The smallest absolute Gasteiger partial charge is 0.185 e. The maximum Gasteiger partial charge on any atom is 0.185 e. The number of hydrogen-bond donors (Lipinski definition) is 0. The van der Waals surface area contributed by atoms with Gasteiger partial charge in [-0.25, -0.2) is 0 Å². The van der Waals surface area contributed by atoms with Crippen molar-refractivity contribution in [3.63, 3.8) is 0 Å². The Bertz CT molecular complexity index is 1530. The molecule has 0 amide bonds. The van der Waals surface area contributed by atoms with Gasteiger partial charge in [-0.3, -0.25) is 4.79 Å². The van der Waals surface area contributed by atoms with Crippen LogP contribution in [0, 0.1) is 0 Å². The van der Waals surface area contributed by atoms with Crippen molar-refractivity contribution in [2.24, 2.45) is 0 Å². The number of allylic oxidation sites excluding steroid dienone is 1. The number of ether oxygens (including phenoxy) is 2. The molecule has 0 aliphatic heterocycles. The lowest BCUT2D eigenvalue weighted by Gasteiger charge is -2.18. The average molecular weight is 445 g/mol. The van der Waals surface area contributed by atoms with Crippen molar-refractivity contribution in [2.75, 3.05) is 14.2 Å². The van der Waals surface area contributed by atoms with Gasteiger partial charge in [-0.2, -0.15) is 0 Å². The van der Waals surface area contributed by atoms with Crippen molar-refractivity contribution < 1.29 is 14.3 Å². The van der Waals surface area contributed by atoms with Gasteiger partial charge in [-0.15, -0.1) is 0 Å². The minimum atomic E-state index is -0.0362. The molecule has 0 saturated heterocycles. The molecular formula is C31H24O3. The Morgan fingerprint density at radius 1 is 0.647 bits per heavy atom. The van der Waals surface area contributed by atoms with Gasteiger partial charge >= 0.3 is 0 Å². The van der Waals surface area contributed by atoms with Gasteiger partial charge in [0.15, 0.2) is 5.78 Å². The Morgan fingerprint density at radius 3 is 1.97 bits per heavy atom. The Morgan fingerprint density at radius 2 is 1.26 bits per heavy atom. The van der Waals surface area contributed by atoms with Gasteiger partial charge in [0, 0.05) is 16.7 Å². The zero-order valence-electron chi connectivity index (χ0n) is 19.1. The summed E-state index contributed by atoms with van der Waals surface area (Å²) in [6, 6.07) is 31.9. The molecule has 0 bridgehead atoms. The Balaban J connectivity index is 1.66. The third kappa shape index (κ3) is 3.93. The highest BCUT2D eigenvalue weighted by atomic mass is 16.5. The van der Waals surface area contributed by atoms with Gasteiger partial charge in [0.2, 0.25) is 0 Å². The molecule has 0 aliphatic carbocycles. The highest BCUT2D eigenvalue weighted by molar-refractivity contribution is 6.13. The number of carbonyl (C=O) groups excluding carboxylic acids is 1. The molecule has 5 aromatic rings. The lowest BCUT2D eigenvalue weighted by molar-refractivity contribution is 0.104. The third-order valence-electron chi connectivity index (χ3n) is 6.07. The molecule has 5 rings (SSSR count). The summed E-state index contributed by atoms with van der Waals surface area (Å²) in [5.74, 6) is 1.49. The van der Waals surface area contributed by atoms with Crippen molar-refractivity contribution >= 4 is 33.4 Å². The van der Waals surface area contributed by atoms with E-state index >= 15 is 0 Å². The molecule has 0 radical (unpaired) electrons. The summed E-state index contributed by atoms with van der Waals surface area (Å²) in [5, 5.41) is 4.16. The molecule has 0 fully saturated rings. The fraction of sp³-hybridized carbons (Fsp3) is 0.0645. The van der Waals surface area contributed by atoms with Crippen LogP contribution in [0.25, 0.3) is 38.7 Å². The van der Waals surface area contributed by atoms with Crippen molar-refractivity contribution in [1.29, 1.82) is 0 Å². The van der Waals surface area contributed by atoms with Crippen LogP contribution in [-0.2, 0) is 0 Å². The lowest BCUT2D eigenvalue weighted by atomic mass is 9.91. The van der Waals surface area contributed by atoms with E-state index in [1.807, 2.05) is 84.9 Å². The molecule has 0 atom stereocenters. The van der Waals surface area contributed by atoms with E-state index in [0.717, 1.165) is 49.7 Å². The van der Waals surface area contributed by atoms with E-state index in [9.17, 15) is 4.79 Å². The summed E-state index contributed by atoms with van der Waals surface area (Å²) in [4.78, 5) is 12.9. The molecule has 0 heterocycles. The summed E-state index contributed by atoms with van der Waals surface area (Å²) < 4.78 is 11.6. The molecule has 5 aromatic carbocycles. The largest absolute Gasteiger partial charge is 0.496 e. The fourth-order valence-electron chi connectivity index (χ4n) is 4.40. The summed E-state index contributed by atoms with van der Waals surface area (Å²) in [5.41, 5.74) is 3.56.